The van der Waals surface area contributed by atoms with Crippen molar-refractivity contribution < 1.29 is 14.3 Å². The van der Waals surface area contributed by atoms with Gasteiger partial charge in [-0.3, -0.25) is 9.59 Å². The maximum Gasteiger partial charge on any atom is 0.260 e. The molecule has 3 aromatic carbocycles. The van der Waals surface area contributed by atoms with Crippen molar-refractivity contribution in [3.05, 3.63) is 72.3 Å². The monoisotopic (exact) mass is 346 g/mol. The van der Waals surface area contributed by atoms with Gasteiger partial charge in [-0.2, -0.15) is 0 Å². The number of rotatable bonds is 3. The van der Waals surface area contributed by atoms with Gasteiger partial charge in [-0.25, -0.2) is 0 Å². The molecule has 0 saturated heterocycles. The molecule has 0 saturated carbocycles. The van der Waals surface area contributed by atoms with Crippen LogP contribution in [0.1, 0.15) is 5.56 Å². The summed E-state index contributed by atoms with van der Waals surface area (Å²) in [5.41, 5.74) is 7.03. The predicted molar refractivity (Wildman–Crippen MR) is 100 cm³/mol. The van der Waals surface area contributed by atoms with Crippen LogP contribution >= 0.6 is 0 Å². The number of para-hydroxylation sites is 2. The minimum absolute atomic E-state index is 0.0941. The number of hydrogen-bond acceptors (Lipinski definition) is 3. The Morgan fingerprint density at radius 1 is 1.00 bits per heavy atom. The van der Waals surface area contributed by atoms with E-state index in [0.29, 0.717) is 11.4 Å². The highest BCUT2D eigenvalue weighted by atomic mass is 16.5. The van der Waals surface area contributed by atoms with E-state index in [9.17, 15) is 9.59 Å². The first-order valence-electron chi connectivity index (χ1n) is 8.45. The number of carbonyl (C=O) groups excluding carboxylic acids is 2. The minimum Gasteiger partial charge on any atom is -0.477 e. The number of ether oxygens (including phenoxy) is 1. The molecule has 4 rings (SSSR count). The summed E-state index contributed by atoms with van der Waals surface area (Å²) in [5, 5.41) is 2.14. The zero-order chi connectivity index (χ0) is 18.1. The summed E-state index contributed by atoms with van der Waals surface area (Å²) in [6.07, 6.45) is -0.609. The molecule has 0 fully saturated rings. The Kier molecular flexibility index (Phi) is 4.05. The third-order valence-corrected chi connectivity index (χ3v) is 4.61. The second-order valence-electron chi connectivity index (χ2n) is 6.30. The van der Waals surface area contributed by atoms with Gasteiger partial charge in [0.1, 0.15) is 5.75 Å². The van der Waals surface area contributed by atoms with Crippen molar-refractivity contribution in [2.45, 2.75) is 12.5 Å². The molecular weight excluding hydrogens is 328 g/mol. The standard InChI is InChI=1S/C21H18N2O3/c22-21(25)19-13-23(17-10-3-4-11-18(17)26-19)20(24)12-15-8-5-7-14-6-1-2-9-16(14)15/h1-11,19H,12-13H2,(H2,22,25)/t19-/m1/s1. The van der Waals surface area contributed by atoms with E-state index < -0.39 is 12.0 Å². The highest BCUT2D eigenvalue weighted by Crippen LogP contribution is 2.33. The SMILES string of the molecule is NC(=O)[C@H]1CN(C(=O)Cc2cccc3ccccc23)c2ccccc2O1. The van der Waals surface area contributed by atoms with Crippen LogP contribution in [0.15, 0.2) is 66.7 Å². The number of fused-ring (bicyclic) bond motifs is 2. The Labute approximate surface area is 151 Å². The van der Waals surface area contributed by atoms with Gasteiger partial charge in [-0.1, -0.05) is 54.6 Å². The molecule has 0 unspecified atom stereocenters. The van der Waals surface area contributed by atoms with Crippen LogP contribution in [0, 0.1) is 0 Å². The number of hydrogen-bond donors (Lipinski definition) is 1. The van der Waals surface area contributed by atoms with Crippen LogP contribution in [0.5, 0.6) is 5.75 Å². The van der Waals surface area contributed by atoms with Gasteiger partial charge in [0.15, 0.2) is 6.10 Å². The quantitative estimate of drug-likeness (QED) is 0.792. The zero-order valence-electron chi connectivity index (χ0n) is 14.1. The lowest BCUT2D eigenvalue weighted by atomic mass is 10.0. The van der Waals surface area contributed by atoms with E-state index >= 15 is 0 Å². The third kappa shape index (κ3) is 2.88. The average Bonchev–Trinajstić information content (AvgIpc) is 2.67. The van der Waals surface area contributed by atoms with Crippen LogP contribution < -0.4 is 15.4 Å². The summed E-state index contributed by atoms with van der Waals surface area (Å²) in [4.78, 5) is 26.3. The van der Waals surface area contributed by atoms with Crippen LogP contribution in [0.25, 0.3) is 10.8 Å². The van der Waals surface area contributed by atoms with Gasteiger partial charge in [0, 0.05) is 0 Å². The van der Waals surface area contributed by atoms with Crippen LogP contribution in [0.3, 0.4) is 0 Å². The van der Waals surface area contributed by atoms with E-state index in [1.54, 1.807) is 17.0 Å². The molecule has 1 aliphatic heterocycles. The number of nitrogens with zero attached hydrogens (tertiary/aromatic N) is 1. The molecule has 0 bridgehead atoms. The average molecular weight is 346 g/mol. The molecule has 1 aliphatic rings. The Balaban J connectivity index is 1.68. The molecule has 2 N–H and O–H groups in total. The molecule has 0 aromatic heterocycles. The van der Waals surface area contributed by atoms with Crippen LogP contribution in [-0.4, -0.2) is 24.5 Å². The maximum atomic E-state index is 13.1. The van der Waals surface area contributed by atoms with Crippen molar-refractivity contribution >= 4 is 28.3 Å². The fourth-order valence-corrected chi connectivity index (χ4v) is 3.32. The van der Waals surface area contributed by atoms with Gasteiger partial charge >= 0.3 is 0 Å². The summed E-state index contributed by atoms with van der Waals surface area (Å²) in [6, 6.07) is 21.1. The number of amides is 2. The normalized spacial score (nSPS) is 16.0. The molecule has 3 aromatic rings. The van der Waals surface area contributed by atoms with E-state index in [2.05, 4.69) is 0 Å². The maximum absolute atomic E-state index is 13.1. The fourth-order valence-electron chi connectivity index (χ4n) is 3.32. The molecule has 0 spiro atoms. The Bertz CT molecular complexity index is 994. The number of anilines is 1. The number of nitrogens with two attached hydrogens (primary N) is 1. The van der Waals surface area contributed by atoms with Crippen molar-refractivity contribution in [1.29, 1.82) is 0 Å². The van der Waals surface area contributed by atoms with E-state index in [1.165, 1.54) is 0 Å². The zero-order valence-corrected chi connectivity index (χ0v) is 14.1. The number of carbonyl (C=O) groups is 2. The van der Waals surface area contributed by atoms with Crippen molar-refractivity contribution in [2.75, 3.05) is 11.4 Å². The lowest BCUT2D eigenvalue weighted by molar-refractivity contribution is -0.125. The van der Waals surface area contributed by atoms with E-state index in [-0.39, 0.29) is 18.9 Å². The molecule has 1 atom stereocenters. The molecule has 26 heavy (non-hydrogen) atoms. The second kappa shape index (κ2) is 6.52. The molecule has 1 heterocycles. The smallest absolute Gasteiger partial charge is 0.260 e. The number of benzene rings is 3. The van der Waals surface area contributed by atoms with Gasteiger partial charge < -0.3 is 15.4 Å². The molecule has 0 radical (unpaired) electrons. The summed E-state index contributed by atoms with van der Waals surface area (Å²) >= 11 is 0. The molecular formula is C21H18N2O3. The first-order chi connectivity index (χ1) is 12.6. The topological polar surface area (TPSA) is 72.6 Å². The summed E-state index contributed by atoms with van der Waals surface area (Å²) in [6.45, 7) is 0.121. The molecule has 5 heteroatoms. The second-order valence-corrected chi connectivity index (χ2v) is 6.30. The lowest BCUT2D eigenvalue weighted by Crippen LogP contribution is -2.49. The van der Waals surface area contributed by atoms with Crippen molar-refractivity contribution in [2.24, 2.45) is 5.73 Å². The van der Waals surface area contributed by atoms with Gasteiger partial charge in [0.05, 0.1) is 18.7 Å². The van der Waals surface area contributed by atoms with Crippen LogP contribution in [-0.2, 0) is 16.0 Å². The summed E-state index contributed by atoms with van der Waals surface area (Å²) in [7, 11) is 0. The lowest BCUT2D eigenvalue weighted by Gasteiger charge is -2.33. The minimum atomic E-state index is -0.846. The Morgan fingerprint density at radius 2 is 1.73 bits per heavy atom. The molecule has 5 nitrogen and oxygen atoms in total. The largest absolute Gasteiger partial charge is 0.477 e. The van der Waals surface area contributed by atoms with Crippen molar-refractivity contribution in [3.8, 4) is 5.75 Å². The third-order valence-electron chi connectivity index (χ3n) is 4.61. The number of primary amides is 1. The van der Waals surface area contributed by atoms with E-state index in [4.69, 9.17) is 10.5 Å². The van der Waals surface area contributed by atoms with Crippen molar-refractivity contribution in [3.63, 3.8) is 0 Å². The van der Waals surface area contributed by atoms with Crippen LogP contribution in [0.2, 0.25) is 0 Å². The fraction of sp³-hybridized carbons (Fsp3) is 0.143. The van der Waals surface area contributed by atoms with Gasteiger partial charge in [-0.15, -0.1) is 0 Å². The molecule has 0 aliphatic carbocycles. The Hall–Kier alpha value is -3.34. The van der Waals surface area contributed by atoms with Crippen molar-refractivity contribution in [1.82, 2.24) is 0 Å². The first kappa shape index (κ1) is 16.1. The predicted octanol–water partition coefficient (Wildman–Crippen LogP) is 2.66. The summed E-state index contributed by atoms with van der Waals surface area (Å²) in [5.74, 6) is -0.181. The van der Waals surface area contributed by atoms with Gasteiger partial charge in [0.25, 0.3) is 5.91 Å². The first-order valence-corrected chi connectivity index (χ1v) is 8.45. The molecule has 130 valence electrons. The molecule has 2 amide bonds. The highest BCUT2D eigenvalue weighted by Gasteiger charge is 2.32. The van der Waals surface area contributed by atoms with Gasteiger partial charge in [-0.05, 0) is 28.5 Å². The van der Waals surface area contributed by atoms with Crippen LogP contribution in [0.4, 0.5) is 5.69 Å². The van der Waals surface area contributed by atoms with E-state index in [0.717, 1.165) is 16.3 Å². The van der Waals surface area contributed by atoms with Gasteiger partial charge in [0.2, 0.25) is 5.91 Å². The Morgan fingerprint density at radius 3 is 2.58 bits per heavy atom. The van der Waals surface area contributed by atoms with E-state index in [1.807, 2.05) is 54.6 Å². The summed E-state index contributed by atoms with van der Waals surface area (Å²) < 4.78 is 5.63. The highest BCUT2D eigenvalue weighted by molar-refractivity contribution is 6.00.